The molecule has 1 N–H and O–H groups in total. The van der Waals surface area contributed by atoms with Crippen LogP contribution >= 0.6 is 31.9 Å². The number of anilines is 1. The van der Waals surface area contributed by atoms with E-state index >= 15 is 0 Å². The summed E-state index contributed by atoms with van der Waals surface area (Å²) in [7, 11) is 0. The zero-order valence-electron chi connectivity index (χ0n) is 10.4. The van der Waals surface area contributed by atoms with Gasteiger partial charge >= 0.3 is 0 Å². The topological polar surface area (TPSA) is 46.9 Å². The molecule has 0 saturated carbocycles. The summed E-state index contributed by atoms with van der Waals surface area (Å²) in [6.07, 6.45) is 1.66. The first-order chi connectivity index (χ1) is 9.13. The van der Waals surface area contributed by atoms with Crippen molar-refractivity contribution in [2.75, 3.05) is 5.32 Å². The Labute approximate surface area is 128 Å². The third-order valence-corrected chi connectivity index (χ3v) is 4.25. The number of benzene rings is 1. The fraction of sp³-hybridized carbons (Fsp3) is 0.231. The van der Waals surface area contributed by atoms with Gasteiger partial charge in [-0.15, -0.1) is 0 Å². The molecule has 1 aromatic carbocycles. The van der Waals surface area contributed by atoms with Crippen LogP contribution in [0.3, 0.4) is 0 Å². The Bertz CT molecular complexity index is 640. The molecular formula is C13H13Br2N3O. The number of halogens is 2. The van der Waals surface area contributed by atoms with E-state index in [0.717, 1.165) is 10.0 Å². The van der Waals surface area contributed by atoms with Crippen LogP contribution in [0.25, 0.3) is 0 Å². The lowest BCUT2D eigenvalue weighted by Crippen LogP contribution is -2.23. The lowest BCUT2D eigenvalue weighted by Gasteiger charge is -2.10. The molecule has 0 spiro atoms. The summed E-state index contributed by atoms with van der Waals surface area (Å²) >= 11 is 6.81. The molecule has 0 unspecified atom stereocenters. The second kappa shape index (κ2) is 6.34. The van der Waals surface area contributed by atoms with Crippen LogP contribution in [0.15, 0.2) is 44.2 Å². The number of hydrogen-bond donors (Lipinski definition) is 1. The van der Waals surface area contributed by atoms with Gasteiger partial charge < -0.3 is 5.32 Å². The standard InChI is InChI=1S/C13H13Br2N3O/c1-2-18-13(19)12(15)11(8-17-18)16-7-9-5-3-4-6-10(9)14/h3-6,8,16H,2,7H2,1H3. The highest BCUT2D eigenvalue weighted by molar-refractivity contribution is 9.10. The maximum Gasteiger partial charge on any atom is 0.283 e. The number of nitrogens with one attached hydrogen (secondary N) is 1. The van der Waals surface area contributed by atoms with Gasteiger partial charge in [0.1, 0.15) is 4.47 Å². The number of aromatic nitrogens is 2. The van der Waals surface area contributed by atoms with Gasteiger partial charge in [-0.3, -0.25) is 4.79 Å². The van der Waals surface area contributed by atoms with Crippen molar-refractivity contribution < 1.29 is 0 Å². The Morgan fingerprint density at radius 2 is 2.05 bits per heavy atom. The lowest BCUT2D eigenvalue weighted by molar-refractivity contribution is 0.613. The summed E-state index contributed by atoms with van der Waals surface area (Å²) in [6, 6.07) is 7.95. The van der Waals surface area contributed by atoms with E-state index in [1.807, 2.05) is 31.2 Å². The molecule has 0 fully saturated rings. The van der Waals surface area contributed by atoms with Gasteiger partial charge in [-0.25, -0.2) is 4.68 Å². The first-order valence-corrected chi connectivity index (χ1v) is 7.45. The lowest BCUT2D eigenvalue weighted by atomic mass is 10.2. The quantitative estimate of drug-likeness (QED) is 0.875. The van der Waals surface area contributed by atoms with Crippen molar-refractivity contribution >= 4 is 37.5 Å². The smallest absolute Gasteiger partial charge is 0.283 e. The molecule has 19 heavy (non-hydrogen) atoms. The molecule has 100 valence electrons. The van der Waals surface area contributed by atoms with Crippen molar-refractivity contribution in [3.8, 4) is 0 Å². The van der Waals surface area contributed by atoms with Gasteiger partial charge in [0.15, 0.2) is 0 Å². The molecule has 0 atom stereocenters. The van der Waals surface area contributed by atoms with Crippen molar-refractivity contribution in [3.05, 3.63) is 55.3 Å². The second-order valence-corrected chi connectivity index (χ2v) is 5.59. The van der Waals surface area contributed by atoms with Crippen LogP contribution < -0.4 is 10.9 Å². The van der Waals surface area contributed by atoms with Gasteiger partial charge in [0, 0.05) is 17.6 Å². The van der Waals surface area contributed by atoms with E-state index in [1.54, 1.807) is 6.20 Å². The van der Waals surface area contributed by atoms with Gasteiger partial charge in [0.05, 0.1) is 11.9 Å². The van der Waals surface area contributed by atoms with Crippen LogP contribution in [0, 0.1) is 0 Å². The summed E-state index contributed by atoms with van der Waals surface area (Å²) in [4.78, 5) is 11.9. The molecule has 0 aliphatic carbocycles. The van der Waals surface area contributed by atoms with Crippen LogP contribution in [0.4, 0.5) is 5.69 Å². The second-order valence-electron chi connectivity index (χ2n) is 3.94. The summed E-state index contributed by atoms with van der Waals surface area (Å²) in [6.45, 7) is 3.06. The van der Waals surface area contributed by atoms with E-state index in [-0.39, 0.29) is 5.56 Å². The number of hydrogen-bond acceptors (Lipinski definition) is 3. The minimum absolute atomic E-state index is 0.125. The Morgan fingerprint density at radius 1 is 1.32 bits per heavy atom. The summed E-state index contributed by atoms with van der Waals surface area (Å²) < 4.78 is 2.96. The van der Waals surface area contributed by atoms with E-state index in [2.05, 4.69) is 42.3 Å². The first kappa shape index (κ1) is 14.3. The Balaban J connectivity index is 2.19. The van der Waals surface area contributed by atoms with E-state index in [0.29, 0.717) is 23.2 Å². The maximum absolute atomic E-state index is 11.9. The fourth-order valence-corrected chi connectivity index (χ4v) is 2.52. The zero-order valence-corrected chi connectivity index (χ0v) is 13.5. The minimum atomic E-state index is -0.125. The molecule has 1 aromatic heterocycles. The van der Waals surface area contributed by atoms with Crippen molar-refractivity contribution in [3.63, 3.8) is 0 Å². The Hall–Kier alpha value is -1.14. The van der Waals surface area contributed by atoms with Crippen LogP contribution in [0.5, 0.6) is 0 Å². The largest absolute Gasteiger partial charge is 0.379 e. The van der Waals surface area contributed by atoms with E-state index in [9.17, 15) is 4.79 Å². The molecule has 2 aromatic rings. The number of nitrogens with zero attached hydrogens (tertiary/aromatic N) is 2. The van der Waals surface area contributed by atoms with Crippen LogP contribution in [0.1, 0.15) is 12.5 Å². The van der Waals surface area contributed by atoms with E-state index in [4.69, 9.17) is 0 Å². The highest BCUT2D eigenvalue weighted by atomic mass is 79.9. The molecule has 0 amide bonds. The van der Waals surface area contributed by atoms with E-state index < -0.39 is 0 Å². The summed E-state index contributed by atoms with van der Waals surface area (Å²) in [5.41, 5.74) is 1.69. The van der Waals surface area contributed by atoms with Gasteiger partial charge in [-0.2, -0.15) is 5.10 Å². The molecule has 4 nitrogen and oxygen atoms in total. The Morgan fingerprint density at radius 3 is 2.74 bits per heavy atom. The number of aryl methyl sites for hydroxylation is 1. The normalized spacial score (nSPS) is 10.5. The van der Waals surface area contributed by atoms with Crippen molar-refractivity contribution in [2.24, 2.45) is 0 Å². The van der Waals surface area contributed by atoms with Gasteiger partial charge in [-0.05, 0) is 34.5 Å². The highest BCUT2D eigenvalue weighted by Crippen LogP contribution is 2.20. The third kappa shape index (κ3) is 3.25. The summed E-state index contributed by atoms with van der Waals surface area (Å²) in [5.74, 6) is 0. The van der Waals surface area contributed by atoms with Crippen LogP contribution in [0.2, 0.25) is 0 Å². The maximum atomic E-state index is 11.9. The first-order valence-electron chi connectivity index (χ1n) is 5.86. The summed E-state index contributed by atoms with van der Waals surface area (Å²) in [5, 5.41) is 7.30. The average molecular weight is 387 g/mol. The number of rotatable bonds is 4. The molecule has 0 bridgehead atoms. The minimum Gasteiger partial charge on any atom is -0.379 e. The average Bonchev–Trinajstić information content (AvgIpc) is 2.42. The van der Waals surface area contributed by atoms with E-state index in [1.165, 1.54) is 4.68 Å². The van der Waals surface area contributed by atoms with Gasteiger partial charge in [0.2, 0.25) is 0 Å². The van der Waals surface area contributed by atoms with Gasteiger partial charge in [-0.1, -0.05) is 34.1 Å². The SMILES string of the molecule is CCn1ncc(NCc2ccccc2Br)c(Br)c1=O. The predicted octanol–water partition coefficient (Wildman–Crippen LogP) is 3.40. The molecule has 1 heterocycles. The fourth-order valence-electron chi connectivity index (χ4n) is 1.65. The molecular weight excluding hydrogens is 374 g/mol. The molecule has 0 aliphatic heterocycles. The molecule has 0 aliphatic rings. The zero-order chi connectivity index (χ0) is 13.8. The highest BCUT2D eigenvalue weighted by Gasteiger charge is 2.08. The molecule has 2 rings (SSSR count). The van der Waals surface area contributed by atoms with Crippen LogP contribution in [-0.2, 0) is 13.1 Å². The monoisotopic (exact) mass is 385 g/mol. The van der Waals surface area contributed by atoms with Gasteiger partial charge in [0.25, 0.3) is 5.56 Å². The molecule has 6 heteroatoms. The van der Waals surface area contributed by atoms with Crippen molar-refractivity contribution in [1.82, 2.24) is 9.78 Å². The molecule has 0 saturated heterocycles. The van der Waals surface area contributed by atoms with Crippen molar-refractivity contribution in [2.45, 2.75) is 20.0 Å². The Kier molecular flexibility index (Phi) is 4.76. The van der Waals surface area contributed by atoms with Crippen LogP contribution in [-0.4, -0.2) is 9.78 Å². The predicted molar refractivity (Wildman–Crippen MR) is 83.3 cm³/mol. The molecule has 0 radical (unpaired) electrons. The third-order valence-electron chi connectivity index (χ3n) is 2.71. The van der Waals surface area contributed by atoms with Crippen molar-refractivity contribution in [1.29, 1.82) is 0 Å².